The number of carbonyl (C=O) groups is 1. The molecule has 98 valence electrons. The van der Waals surface area contributed by atoms with Crippen LogP contribution in [-0.4, -0.2) is 16.7 Å². The summed E-state index contributed by atoms with van der Waals surface area (Å²) in [5.74, 6) is -0.348. The van der Waals surface area contributed by atoms with E-state index in [1.54, 1.807) is 39.8 Å². The molecule has 0 amide bonds. The lowest BCUT2D eigenvalue weighted by atomic mass is 10.1. The van der Waals surface area contributed by atoms with Crippen molar-refractivity contribution in [1.29, 1.82) is 0 Å². The zero-order chi connectivity index (χ0) is 13.9. The smallest absolute Gasteiger partial charge is 0.331 e. The topological polar surface area (TPSA) is 46.5 Å². The number of esters is 1. The van der Waals surface area contributed by atoms with Crippen molar-refractivity contribution >= 4 is 23.6 Å². The fraction of sp³-hybridized carbons (Fsp3) is 0.357. The van der Waals surface area contributed by atoms with Crippen molar-refractivity contribution in [2.24, 2.45) is 0 Å². The van der Waals surface area contributed by atoms with Gasteiger partial charge in [-0.15, -0.1) is 0 Å². The molecule has 0 aromatic heterocycles. The van der Waals surface area contributed by atoms with Crippen LogP contribution in [0.2, 0.25) is 5.02 Å². The van der Waals surface area contributed by atoms with Gasteiger partial charge >= 0.3 is 5.97 Å². The van der Waals surface area contributed by atoms with Crippen LogP contribution in [0.3, 0.4) is 0 Å². The van der Waals surface area contributed by atoms with Gasteiger partial charge in [-0.05, 0) is 51.5 Å². The fourth-order valence-electron chi connectivity index (χ4n) is 1.38. The van der Waals surface area contributed by atoms with Gasteiger partial charge in [0.2, 0.25) is 0 Å². The van der Waals surface area contributed by atoms with Gasteiger partial charge in [-0.1, -0.05) is 11.6 Å². The van der Waals surface area contributed by atoms with Crippen LogP contribution in [0.4, 0.5) is 0 Å². The Hall–Kier alpha value is -1.48. The zero-order valence-electron chi connectivity index (χ0n) is 11.0. The van der Waals surface area contributed by atoms with Gasteiger partial charge in [0.05, 0.1) is 0 Å². The lowest BCUT2D eigenvalue weighted by molar-refractivity contribution is -0.148. The number of rotatable bonds is 2. The average Bonchev–Trinajstić information content (AvgIpc) is 2.18. The van der Waals surface area contributed by atoms with Gasteiger partial charge in [0.1, 0.15) is 11.4 Å². The lowest BCUT2D eigenvalue weighted by Crippen LogP contribution is -2.22. The second kappa shape index (κ2) is 5.44. The molecule has 0 radical (unpaired) electrons. The molecule has 0 saturated carbocycles. The third-order valence-electron chi connectivity index (χ3n) is 2.10. The van der Waals surface area contributed by atoms with E-state index in [-0.39, 0.29) is 5.75 Å². The highest BCUT2D eigenvalue weighted by molar-refractivity contribution is 6.30. The van der Waals surface area contributed by atoms with Gasteiger partial charge in [0.25, 0.3) is 0 Å². The van der Waals surface area contributed by atoms with Crippen LogP contribution in [0.1, 0.15) is 31.9 Å². The van der Waals surface area contributed by atoms with Gasteiger partial charge < -0.3 is 9.84 Å². The van der Waals surface area contributed by atoms with Gasteiger partial charge in [-0.25, -0.2) is 4.79 Å². The van der Waals surface area contributed by atoms with E-state index >= 15 is 0 Å². The first kappa shape index (κ1) is 14.6. The second-order valence-corrected chi connectivity index (χ2v) is 5.46. The molecule has 3 nitrogen and oxygen atoms in total. The molecule has 1 aromatic carbocycles. The standard InChI is InChI=1S/C14H17ClO3/c1-9-7-11(15)8-10(13(9)17)5-6-12(16)18-14(2,3)4/h5-8,17H,1-4H3/b6-5+. The Morgan fingerprint density at radius 1 is 1.39 bits per heavy atom. The monoisotopic (exact) mass is 268 g/mol. The summed E-state index contributed by atoms with van der Waals surface area (Å²) >= 11 is 5.88. The molecule has 18 heavy (non-hydrogen) atoms. The molecule has 0 atom stereocenters. The van der Waals surface area contributed by atoms with E-state index in [2.05, 4.69) is 0 Å². The molecule has 1 aromatic rings. The molecule has 0 saturated heterocycles. The minimum absolute atomic E-state index is 0.110. The molecule has 0 aliphatic rings. The van der Waals surface area contributed by atoms with E-state index < -0.39 is 11.6 Å². The number of phenolic OH excluding ortho intramolecular Hbond substituents is 1. The first-order valence-corrected chi connectivity index (χ1v) is 5.97. The van der Waals surface area contributed by atoms with Crippen LogP contribution in [-0.2, 0) is 9.53 Å². The van der Waals surface area contributed by atoms with E-state index in [4.69, 9.17) is 16.3 Å². The molecule has 0 spiro atoms. The summed E-state index contributed by atoms with van der Waals surface area (Å²) in [5.41, 5.74) is 0.616. The number of carbonyl (C=O) groups excluding carboxylic acids is 1. The molecule has 0 fully saturated rings. The number of aromatic hydroxyl groups is 1. The van der Waals surface area contributed by atoms with Crippen LogP contribution in [0.5, 0.6) is 5.75 Å². The Morgan fingerprint density at radius 2 is 2.00 bits per heavy atom. The predicted molar refractivity (Wildman–Crippen MR) is 72.7 cm³/mol. The predicted octanol–water partition coefficient (Wildman–Crippen LogP) is 3.71. The summed E-state index contributed by atoms with van der Waals surface area (Å²) in [7, 11) is 0. The minimum Gasteiger partial charge on any atom is -0.507 e. The summed E-state index contributed by atoms with van der Waals surface area (Å²) in [5, 5.41) is 10.3. The third-order valence-corrected chi connectivity index (χ3v) is 2.32. The van der Waals surface area contributed by atoms with Crippen molar-refractivity contribution in [3.63, 3.8) is 0 Å². The van der Waals surface area contributed by atoms with Gasteiger partial charge in [0.15, 0.2) is 0 Å². The largest absolute Gasteiger partial charge is 0.507 e. The normalized spacial score (nSPS) is 11.8. The Labute approximate surface area is 112 Å². The summed E-state index contributed by atoms with van der Waals surface area (Å²) in [6, 6.07) is 3.24. The summed E-state index contributed by atoms with van der Waals surface area (Å²) in [4.78, 5) is 11.5. The molecule has 1 rings (SSSR count). The quantitative estimate of drug-likeness (QED) is 0.657. The van der Waals surface area contributed by atoms with Crippen molar-refractivity contribution in [2.45, 2.75) is 33.3 Å². The molecule has 0 bridgehead atoms. The molecule has 1 N–H and O–H groups in total. The minimum atomic E-state index is -0.534. The van der Waals surface area contributed by atoms with Crippen LogP contribution < -0.4 is 0 Å². The maximum absolute atomic E-state index is 11.5. The first-order valence-electron chi connectivity index (χ1n) is 5.59. The highest BCUT2D eigenvalue weighted by Gasteiger charge is 2.14. The van der Waals surface area contributed by atoms with Crippen molar-refractivity contribution in [2.75, 3.05) is 0 Å². The summed E-state index contributed by atoms with van der Waals surface area (Å²) in [6.45, 7) is 7.12. The Balaban J connectivity index is 2.88. The highest BCUT2D eigenvalue weighted by atomic mass is 35.5. The SMILES string of the molecule is Cc1cc(Cl)cc(/C=C/C(=O)OC(C)(C)C)c1O. The number of ether oxygens (including phenoxy) is 1. The van der Waals surface area contributed by atoms with Gasteiger partial charge in [-0.2, -0.15) is 0 Å². The lowest BCUT2D eigenvalue weighted by Gasteiger charge is -2.17. The Bertz CT molecular complexity index is 485. The number of hydrogen-bond donors (Lipinski definition) is 1. The van der Waals surface area contributed by atoms with Crippen molar-refractivity contribution in [3.05, 3.63) is 34.4 Å². The van der Waals surface area contributed by atoms with Gasteiger partial charge in [0, 0.05) is 16.7 Å². The summed E-state index contributed by atoms with van der Waals surface area (Å²) in [6.07, 6.45) is 2.76. The van der Waals surface area contributed by atoms with Crippen LogP contribution in [0, 0.1) is 6.92 Å². The second-order valence-electron chi connectivity index (χ2n) is 5.03. The molecule has 0 heterocycles. The molecule has 0 aliphatic heterocycles. The van der Waals surface area contributed by atoms with Crippen molar-refractivity contribution < 1.29 is 14.6 Å². The third kappa shape index (κ3) is 4.41. The van der Waals surface area contributed by atoms with Crippen LogP contribution in [0.15, 0.2) is 18.2 Å². The molecule has 0 unspecified atom stereocenters. The molecular weight excluding hydrogens is 252 g/mol. The van der Waals surface area contributed by atoms with E-state index in [9.17, 15) is 9.90 Å². The van der Waals surface area contributed by atoms with Crippen LogP contribution in [0.25, 0.3) is 6.08 Å². The van der Waals surface area contributed by atoms with E-state index in [1.807, 2.05) is 0 Å². The summed E-state index contributed by atoms with van der Waals surface area (Å²) < 4.78 is 5.12. The Kier molecular flexibility index (Phi) is 4.41. The number of benzene rings is 1. The Morgan fingerprint density at radius 3 is 2.56 bits per heavy atom. The van der Waals surface area contributed by atoms with Gasteiger partial charge in [-0.3, -0.25) is 0 Å². The average molecular weight is 269 g/mol. The first-order chi connectivity index (χ1) is 8.19. The highest BCUT2D eigenvalue weighted by Crippen LogP contribution is 2.27. The van der Waals surface area contributed by atoms with E-state index in [0.29, 0.717) is 16.1 Å². The fourth-order valence-corrected chi connectivity index (χ4v) is 1.66. The number of hydrogen-bond acceptors (Lipinski definition) is 3. The molecule has 0 aliphatic carbocycles. The zero-order valence-corrected chi connectivity index (χ0v) is 11.7. The number of phenols is 1. The number of halogens is 1. The maximum atomic E-state index is 11.5. The molecular formula is C14H17ClO3. The van der Waals surface area contributed by atoms with Crippen molar-refractivity contribution in [1.82, 2.24) is 0 Å². The van der Waals surface area contributed by atoms with Crippen molar-refractivity contribution in [3.8, 4) is 5.75 Å². The molecule has 4 heteroatoms. The van der Waals surface area contributed by atoms with E-state index in [1.165, 1.54) is 12.2 Å². The maximum Gasteiger partial charge on any atom is 0.331 e. The number of aryl methyl sites for hydroxylation is 1. The van der Waals surface area contributed by atoms with Crippen LogP contribution >= 0.6 is 11.6 Å². The van der Waals surface area contributed by atoms with E-state index in [0.717, 1.165) is 0 Å².